The molecule has 0 unspecified atom stereocenters. The van der Waals surface area contributed by atoms with E-state index in [0.717, 1.165) is 25.3 Å². The van der Waals surface area contributed by atoms with Crippen LogP contribution in [0.15, 0.2) is 59.6 Å². The zero-order chi connectivity index (χ0) is 17.5. The minimum Gasteiger partial charge on any atom is -0.354 e. The summed E-state index contributed by atoms with van der Waals surface area (Å²) in [5, 5.41) is 6.11. The van der Waals surface area contributed by atoms with Gasteiger partial charge in [-0.3, -0.25) is 9.79 Å². The standard InChI is InChI=1S/C20H24N4O/c1-21-20(24-14-12-17-9-5-6-10-18(17)24)23-15-19(25)22-13-11-16-7-3-2-4-8-16/h2-10H,11-15H2,1H3,(H,21,23)(H,22,25). The molecule has 0 fully saturated rings. The molecule has 1 amide bonds. The molecular formula is C20H24N4O. The van der Waals surface area contributed by atoms with Crippen molar-refractivity contribution in [3.63, 3.8) is 0 Å². The SMILES string of the molecule is CN=C(NCC(=O)NCCc1ccccc1)N1CCc2ccccc21. The van der Waals surface area contributed by atoms with Crippen molar-refractivity contribution in [1.29, 1.82) is 0 Å². The zero-order valence-electron chi connectivity index (χ0n) is 14.5. The lowest BCUT2D eigenvalue weighted by Gasteiger charge is -2.22. The van der Waals surface area contributed by atoms with Crippen molar-refractivity contribution in [2.75, 3.05) is 31.6 Å². The highest BCUT2D eigenvalue weighted by Crippen LogP contribution is 2.27. The Bertz CT molecular complexity index is 742. The molecule has 1 aliphatic rings. The number of rotatable bonds is 5. The fourth-order valence-electron chi connectivity index (χ4n) is 3.07. The molecule has 0 saturated carbocycles. The van der Waals surface area contributed by atoms with Gasteiger partial charge in [-0.1, -0.05) is 48.5 Å². The summed E-state index contributed by atoms with van der Waals surface area (Å²) >= 11 is 0. The van der Waals surface area contributed by atoms with E-state index >= 15 is 0 Å². The van der Waals surface area contributed by atoms with Crippen molar-refractivity contribution in [2.45, 2.75) is 12.8 Å². The number of hydrogen-bond donors (Lipinski definition) is 2. The average Bonchev–Trinajstić information content (AvgIpc) is 3.07. The van der Waals surface area contributed by atoms with E-state index in [9.17, 15) is 4.79 Å². The van der Waals surface area contributed by atoms with Crippen molar-refractivity contribution in [3.05, 3.63) is 65.7 Å². The van der Waals surface area contributed by atoms with Crippen molar-refractivity contribution in [3.8, 4) is 0 Å². The first kappa shape index (κ1) is 17.0. The summed E-state index contributed by atoms with van der Waals surface area (Å²) in [5.74, 6) is 0.715. The second kappa shape index (κ2) is 8.33. The minimum atomic E-state index is -0.0236. The number of nitrogens with one attached hydrogen (secondary N) is 2. The fourth-order valence-corrected chi connectivity index (χ4v) is 3.07. The van der Waals surface area contributed by atoms with Crippen LogP contribution in [0, 0.1) is 0 Å². The second-order valence-electron chi connectivity index (χ2n) is 6.02. The van der Waals surface area contributed by atoms with Crippen molar-refractivity contribution in [1.82, 2.24) is 10.6 Å². The van der Waals surface area contributed by atoms with Crippen LogP contribution in [0.3, 0.4) is 0 Å². The molecule has 0 atom stereocenters. The molecule has 2 N–H and O–H groups in total. The predicted molar refractivity (Wildman–Crippen MR) is 102 cm³/mol. The number of hydrogen-bond acceptors (Lipinski definition) is 2. The summed E-state index contributed by atoms with van der Waals surface area (Å²) in [4.78, 5) is 18.5. The molecule has 0 spiro atoms. The van der Waals surface area contributed by atoms with Gasteiger partial charge < -0.3 is 15.5 Å². The van der Waals surface area contributed by atoms with E-state index in [0.29, 0.717) is 6.54 Å². The van der Waals surface area contributed by atoms with Crippen LogP contribution in [-0.2, 0) is 17.6 Å². The normalized spacial score (nSPS) is 13.5. The molecule has 0 radical (unpaired) electrons. The largest absolute Gasteiger partial charge is 0.354 e. The molecule has 5 nitrogen and oxygen atoms in total. The van der Waals surface area contributed by atoms with Crippen molar-refractivity contribution in [2.24, 2.45) is 4.99 Å². The van der Waals surface area contributed by atoms with Gasteiger partial charge >= 0.3 is 0 Å². The molecule has 0 bridgehead atoms. The van der Waals surface area contributed by atoms with Crippen LogP contribution in [-0.4, -0.2) is 38.5 Å². The van der Waals surface area contributed by atoms with E-state index in [2.05, 4.69) is 50.9 Å². The first-order chi connectivity index (χ1) is 12.3. The molecule has 3 rings (SSSR count). The van der Waals surface area contributed by atoms with Gasteiger partial charge in [-0.15, -0.1) is 0 Å². The number of para-hydroxylation sites is 1. The molecule has 1 aliphatic heterocycles. The van der Waals surface area contributed by atoms with Gasteiger partial charge in [-0.2, -0.15) is 0 Å². The molecule has 0 aliphatic carbocycles. The lowest BCUT2D eigenvalue weighted by atomic mass is 10.1. The summed E-state index contributed by atoms with van der Waals surface area (Å²) in [6, 6.07) is 18.5. The first-order valence-corrected chi connectivity index (χ1v) is 8.64. The third-order valence-corrected chi connectivity index (χ3v) is 4.34. The topological polar surface area (TPSA) is 56.7 Å². The molecule has 130 valence electrons. The molecule has 5 heteroatoms. The summed E-state index contributed by atoms with van der Waals surface area (Å²) in [6.45, 7) is 1.74. The molecule has 2 aromatic carbocycles. The summed E-state index contributed by atoms with van der Waals surface area (Å²) < 4.78 is 0. The van der Waals surface area contributed by atoms with E-state index in [1.807, 2.05) is 24.3 Å². The molecular weight excluding hydrogens is 312 g/mol. The lowest BCUT2D eigenvalue weighted by molar-refractivity contribution is -0.119. The van der Waals surface area contributed by atoms with Gasteiger partial charge in [0.1, 0.15) is 0 Å². The van der Waals surface area contributed by atoms with Gasteiger partial charge in [0.05, 0.1) is 6.54 Å². The summed E-state index contributed by atoms with van der Waals surface area (Å²) in [6.07, 6.45) is 1.83. The Morgan fingerprint density at radius 1 is 1.08 bits per heavy atom. The van der Waals surface area contributed by atoms with E-state index < -0.39 is 0 Å². The third kappa shape index (κ3) is 4.38. The van der Waals surface area contributed by atoms with Crippen molar-refractivity contribution < 1.29 is 4.79 Å². The fraction of sp³-hybridized carbons (Fsp3) is 0.300. The lowest BCUT2D eigenvalue weighted by Crippen LogP contribution is -2.45. The maximum Gasteiger partial charge on any atom is 0.239 e. The monoisotopic (exact) mass is 336 g/mol. The molecule has 25 heavy (non-hydrogen) atoms. The predicted octanol–water partition coefficient (Wildman–Crippen LogP) is 1.98. The van der Waals surface area contributed by atoms with Crippen LogP contribution in [0.4, 0.5) is 5.69 Å². The van der Waals surface area contributed by atoms with Gasteiger partial charge in [-0.25, -0.2) is 0 Å². The van der Waals surface area contributed by atoms with Gasteiger partial charge in [0.25, 0.3) is 0 Å². The number of guanidine groups is 1. The number of anilines is 1. The number of benzene rings is 2. The highest BCUT2D eigenvalue weighted by atomic mass is 16.1. The van der Waals surface area contributed by atoms with Gasteiger partial charge in [0, 0.05) is 25.8 Å². The van der Waals surface area contributed by atoms with E-state index in [1.54, 1.807) is 7.05 Å². The van der Waals surface area contributed by atoms with Crippen LogP contribution in [0.2, 0.25) is 0 Å². The number of amides is 1. The average molecular weight is 336 g/mol. The van der Waals surface area contributed by atoms with Crippen molar-refractivity contribution >= 4 is 17.6 Å². The maximum absolute atomic E-state index is 12.1. The Morgan fingerprint density at radius 2 is 1.84 bits per heavy atom. The summed E-state index contributed by atoms with van der Waals surface area (Å²) in [5.41, 5.74) is 3.71. The van der Waals surface area contributed by atoms with Crippen LogP contribution in [0.5, 0.6) is 0 Å². The number of carbonyl (C=O) groups excluding carboxylic acids is 1. The molecule has 2 aromatic rings. The molecule has 0 saturated heterocycles. The molecule has 0 aromatic heterocycles. The Kier molecular flexibility index (Phi) is 5.67. The number of aliphatic imine (C=N–C) groups is 1. The Labute approximate surface area is 148 Å². The second-order valence-corrected chi connectivity index (χ2v) is 6.02. The van der Waals surface area contributed by atoms with Gasteiger partial charge in [-0.05, 0) is 30.0 Å². The highest BCUT2D eigenvalue weighted by Gasteiger charge is 2.22. The Hall–Kier alpha value is -2.82. The Balaban J connectivity index is 1.46. The van der Waals surface area contributed by atoms with Gasteiger partial charge in [0.15, 0.2) is 5.96 Å². The smallest absolute Gasteiger partial charge is 0.239 e. The number of nitrogens with zero attached hydrogens (tertiary/aromatic N) is 2. The Morgan fingerprint density at radius 3 is 2.64 bits per heavy atom. The highest BCUT2D eigenvalue weighted by molar-refractivity contribution is 5.99. The maximum atomic E-state index is 12.1. The van der Waals surface area contributed by atoms with Gasteiger partial charge in [0.2, 0.25) is 5.91 Å². The van der Waals surface area contributed by atoms with Crippen LogP contribution in [0.1, 0.15) is 11.1 Å². The molecule has 1 heterocycles. The zero-order valence-corrected chi connectivity index (χ0v) is 14.5. The quantitative estimate of drug-likeness (QED) is 0.648. The van der Waals surface area contributed by atoms with Crippen LogP contribution in [0.25, 0.3) is 0 Å². The van der Waals surface area contributed by atoms with Crippen LogP contribution >= 0.6 is 0 Å². The summed E-state index contributed by atoms with van der Waals surface area (Å²) in [7, 11) is 1.75. The van der Waals surface area contributed by atoms with E-state index in [4.69, 9.17) is 0 Å². The third-order valence-electron chi connectivity index (χ3n) is 4.34. The van der Waals surface area contributed by atoms with Crippen LogP contribution < -0.4 is 15.5 Å². The number of fused-ring (bicyclic) bond motifs is 1. The first-order valence-electron chi connectivity index (χ1n) is 8.64. The van der Waals surface area contributed by atoms with E-state index in [-0.39, 0.29) is 12.5 Å². The minimum absolute atomic E-state index is 0.0236. The van der Waals surface area contributed by atoms with E-state index in [1.165, 1.54) is 16.8 Å². The number of carbonyl (C=O) groups is 1.